The normalized spacial score (nSPS) is 19.0. The van der Waals surface area contributed by atoms with Crippen LogP contribution >= 0.6 is 0 Å². The maximum Gasteiger partial charge on any atom is 0.267 e. The molecule has 0 bridgehead atoms. The number of aryl methyl sites for hydroxylation is 2. The van der Waals surface area contributed by atoms with E-state index in [9.17, 15) is 14.4 Å². The van der Waals surface area contributed by atoms with Gasteiger partial charge in [0.15, 0.2) is 0 Å². The van der Waals surface area contributed by atoms with Crippen LogP contribution in [0.2, 0.25) is 0 Å². The molecule has 1 saturated carbocycles. The van der Waals surface area contributed by atoms with Crippen molar-refractivity contribution >= 4 is 22.8 Å². The van der Waals surface area contributed by atoms with Gasteiger partial charge in [-0.25, -0.2) is 0 Å². The third-order valence-electron chi connectivity index (χ3n) is 5.71. The Morgan fingerprint density at radius 2 is 1.90 bits per heavy atom. The van der Waals surface area contributed by atoms with E-state index in [4.69, 9.17) is 4.42 Å². The Morgan fingerprint density at radius 3 is 2.63 bits per heavy atom. The highest BCUT2D eigenvalue weighted by molar-refractivity contribution is 6.05. The molecule has 0 spiro atoms. The van der Waals surface area contributed by atoms with Crippen LogP contribution in [0, 0.1) is 13.8 Å². The van der Waals surface area contributed by atoms with Crippen molar-refractivity contribution in [3.63, 3.8) is 0 Å². The van der Waals surface area contributed by atoms with Crippen LogP contribution in [0.1, 0.15) is 53.1 Å². The summed E-state index contributed by atoms with van der Waals surface area (Å²) >= 11 is 0. The van der Waals surface area contributed by atoms with Crippen LogP contribution in [0.15, 0.2) is 33.5 Å². The van der Waals surface area contributed by atoms with Crippen molar-refractivity contribution in [2.45, 2.75) is 58.0 Å². The van der Waals surface area contributed by atoms with Crippen LogP contribution in [0.5, 0.6) is 0 Å². The number of carbonyl (C=O) groups is 2. The van der Waals surface area contributed by atoms with E-state index in [-0.39, 0.29) is 35.9 Å². The van der Waals surface area contributed by atoms with Crippen LogP contribution in [0.3, 0.4) is 0 Å². The van der Waals surface area contributed by atoms with Gasteiger partial charge < -0.3 is 20.1 Å². The van der Waals surface area contributed by atoms with E-state index in [1.807, 2.05) is 25.1 Å². The van der Waals surface area contributed by atoms with Gasteiger partial charge in [-0.15, -0.1) is 0 Å². The number of hydrogen-bond acceptors (Lipinski definition) is 4. The Balaban J connectivity index is 1.37. The Morgan fingerprint density at radius 1 is 1.13 bits per heavy atom. The first-order chi connectivity index (χ1) is 14.4. The number of aromatic amines is 2. The van der Waals surface area contributed by atoms with Crippen LogP contribution in [-0.2, 0) is 11.2 Å². The molecule has 2 heterocycles. The fraction of sp³-hybridized carbons (Fsp3) is 0.409. The van der Waals surface area contributed by atoms with Crippen LogP contribution < -0.4 is 16.2 Å². The number of benzene rings is 1. The predicted octanol–water partition coefficient (Wildman–Crippen LogP) is 2.47. The van der Waals surface area contributed by atoms with Gasteiger partial charge in [-0.1, -0.05) is 12.1 Å². The maximum atomic E-state index is 12.9. The molecule has 158 valence electrons. The van der Waals surface area contributed by atoms with E-state index in [0.717, 1.165) is 30.4 Å². The molecule has 0 saturated heterocycles. The van der Waals surface area contributed by atoms with E-state index in [0.29, 0.717) is 28.8 Å². The summed E-state index contributed by atoms with van der Waals surface area (Å²) in [6.07, 6.45) is 3.32. The fourth-order valence-corrected chi connectivity index (χ4v) is 4.21. The quantitative estimate of drug-likeness (QED) is 0.516. The van der Waals surface area contributed by atoms with E-state index in [1.54, 1.807) is 13.0 Å². The number of para-hydroxylation sites is 1. The first-order valence-corrected chi connectivity index (χ1v) is 10.3. The van der Waals surface area contributed by atoms with Crippen LogP contribution in [0.25, 0.3) is 11.0 Å². The number of H-pyrrole nitrogens is 2. The molecule has 8 nitrogen and oxygen atoms in total. The molecule has 2 aromatic heterocycles. The Kier molecular flexibility index (Phi) is 5.48. The molecule has 4 rings (SSSR count). The summed E-state index contributed by atoms with van der Waals surface area (Å²) in [7, 11) is 0. The molecular weight excluding hydrogens is 384 g/mol. The zero-order valence-corrected chi connectivity index (χ0v) is 17.1. The molecule has 30 heavy (non-hydrogen) atoms. The van der Waals surface area contributed by atoms with Gasteiger partial charge in [0.1, 0.15) is 11.3 Å². The average molecular weight is 410 g/mol. The Bertz CT molecular complexity index is 1140. The van der Waals surface area contributed by atoms with Crippen molar-refractivity contribution in [3.05, 3.63) is 57.2 Å². The summed E-state index contributed by atoms with van der Waals surface area (Å²) in [5.41, 5.74) is 1.98. The van der Waals surface area contributed by atoms with Crippen molar-refractivity contribution in [2.24, 2.45) is 0 Å². The van der Waals surface area contributed by atoms with Gasteiger partial charge >= 0.3 is 0 Å². The van der Waals surface area contributed by atoms with Crippen LogP contribution in [-0.4, -0.2) is 34.1 Å². The standard InChI is InChI=1S/C22H26N4O4/c1-12-9-14-5-3-8-17(20(14)30-12)21(28)24-16-7-4-6-15(10-16)23-19(27)11-18-13(2)25-26-22(18)29/h3,5,8-9,15-16H,4,6-7,10-11H2,1-2H3,(H,23,27)(H,24,28)(H2,25,26,29)/t15-,16-/m1/s1. The summed E-state index contributed by atoms with van der Waals surface area (Å²) in [5.74, 6) is 0.416. The second-order valence-corrected chi connectivity index (χ2v) is 8.04. The number of hydrogen-bond donors (Lipinski definition) is 4. The summed E-state index contributed by atoms with van der Waals surface area (Å²) in [5, 5.41) is 12.2. The van der Waals surface area contributed by atoms with Crippen LogP contribution in [0.4, 0.5) is 0 Å². The zero-order valence-electron chi connectivity index (χ0n) is 17.1. The predicted molar refractivity (Wildman–Crippen MR) is 112 cm³/mol. The first-order valence-electron chi connectivity index (χ1n) is 10.3. The molecule has 4 N–H and O–H groups in total. The number of nitrogens with one attached hydrogen (secondary N) is 4. The molecular formula is C22H26N4O4. The maximum absolute atomic E-state index is 12.9. The molecule has 0 radical (unpaired) electrons. The van der Waals surface area contributed by atoms with Crippen molar-refractivity contribution in [1.82, 2.24) is 20.8 Å². The van der Waals surface area contributed by atoms with Gasteiger partial charge in [0.2, 0.25) is 5.91 Å². The minimum Gasteiger partial charge on any atom is -0.461 e. The number of aromatic nitrogens is 2. The molecule has 0 unspecified atom stereocenters. The van der Waals surface area contributed by atoms with Gasteiger partial charge in [0.05, 0.1) is 12.0 Å². The van der Waals surface area contributed by atoms with Gasteiger partial charge in [0.25, 0.3) is 11.5 Å². The average Bonchev–Trinajstić information content (AvgIpc) is 3.24. The molecule has 2 amide bonds. The zero-order chi connectivity index (χ0) is 21.3. The van der Waals surface area contributed by atoms with Crippen molar-refractivity contribution in [2.75, 3.05) is 0 Å². The second kappa shape index (κ2) is 8.22. The number of rotatable bonds is 5. The monoisotopic (exact) mass is 410 g/mol. The lowest BCUT2D eigenvalue weighted by Crippen LogP contribution is -2.46. The molecule has 1 aliphatic carbocycles. The van der Waals surface area contributed by atoms with E-state index < -0.39 is 0 Å². The minimum atomic E-state index is -0.265. The number of furan rings is 1. The van der Waals surface area contributed by atoms with E-state index in [1.165, 1.54) is 0 Å². The van der Waals surface area contributed by atoms with Crippen molar-refractivity contribution < 1.29 is 14.0 Å². The van der Waals surface area contributed by atoms with Gasteiger partial charge in [-0.2, -0.15) is 0 Å². The summed E-state index contributed by atoms with van der Waals surface area (Å²) in [6, 6.07) is 7.39. The lowest BCUT2D eigenvalue weighted by Gasteiger charge is -2.30. The highest BCUT2D eigenvalue weighted by Gasteiger charge is 2.26. The number of carbonyl (C=O) groups excluding carboxylic acids is 2. The molecule has 1 aromatic carbocycles. The second-order valence-electron chi connectivity index (χ2n) is 8.04. The molecule has 1 fully saturated rings. The van der Waals surface area contributed by atoms with E-state index >= 15 is 0 Å². The lowest BCUT2D eigenvalue weighted by molar-refractivity contribution is -0.121. The first kappa shape index (κ1) is 20.0. The highest BCUT2D eigenvalue weighted by atomic mass is 16.3. The minimum absolute atomic E-state index is 0.0275. The fourth-order valence-electron chi connectivity index (χ4n) is 4.21. The van der Waals surface area contributed by atoms with Gasteiger partial charge in [0, 0.05) is 28.7 Å². The lowest BCUT2D eigenvalue weighted by atomic mass is 9.90. The molecule has 0 aliphatic heterocycles. The Labute approximate surface area is 173 Å². The van der Waals surface area contributed by atoms with Crippen molar-refractivity contribution in [1.29, 1.82) is 0 Å². The molecule has 2 atom stereocenters. The smallest absolute Gasteiger partial charge is 0.267 e. The largest absolute Gasteiger partial charge is 0.461 e. The summed E-state index contributed by atoms with van der Waals surface area (Å²) < 4.78 is 5.70. The molecule has 8 heteroatoms. The summed E-state index contributed by atoms with van der Waals surface area (Å²) in [4.78, 5) is 37.0. The van der Waals surface area contributed by atoms with Crippen molar-refractivity contribution in [3.8, 4) is 0 Å². The number of amides is 2. The SMILES string of the molecule is Cc1cc2cccc(C(=O)N[C@@H]3CCC[C@@H](NC(=O)Cc4c(C)[nH][nH]c4=O)C3)c2o1. The molecule has 1 aliphatic rings. The van der Waals surface area contributed by atoms with Gasteiger partial charge in [-0.3, -0.25) is 19.5 Å². The number of fused-ring (bicyclic) bond motifs is 1. The van der Waals surface area contributed by atoms with Gasteiger partial charge in [-0.05, 0) is 51.7 Å². The third kappa shape index (κ3) is 4.17. The topological polar surface area (TPSA) is 120 Å². The third-order valence-corrected chi connectivity index (χ3v) is 5.71. The van der Waals surface area contributed by atoms with E-state index in [2.05, 4.69) is 20.8 Å². The molecule has 3 aromatic rings. The Hall–Kier alpha value is -3.29. The summed E-state index contributed by atoms with van der Waals surface area (Å²) in [6.45, 7) is 3.62. The highest BCUT2D eigenvalue weighted by Crippen LogP contribution is 2.24.